The Kier molecular flexibility index (Phi) is 11.0. The second-order valence-electron chi connectivity index (χ2n) is 20.5. The van der Waals surface area contributed by atoms with E-state index in [1.54, 1.807) is 0 Å². The zero-order valence-corrected chi connectivity index (χ0v) is 41.9. The van der Waals surface area contributed by atoms with E-state index in [9.17, 15) is 0 Å². The number of hydrogen-bond donors (Lipinski definition) is 0. The Labute approximate surface area is 441 Å². The number of rotatable bonds is 9. The third-order valence-electron chi connectivity index (χ3n) is 16.6. The molecule has 0 fully saturated rings. The molecule has 14 rings (SSSR count). The van der Waals surface area contributed by atoms with Gasteiger partial charge in [0.25, 0.3) is 0 Å². The van der Waals surface area contributed by atoms with Crippen molar-refractivity contribution in [2.75, 3.05) is 4.90 Å². The average Bonchev–Trinajstić information content (AvgIpc) is 3.99. The average molecular weight is 958 g/mol. The van der Waals surface area contributed by atoms with Crippen LogP contribution in [0.15, 0.2) is 291 Å². The fourth-order valence-corrected chi connectivity index (χ4v) is 13.3. The number of para-hydroxylation sites is 1. The van der Waals surface area contributed by atoms with E-state index >= 15 is 0 Å². The van der Waals surface area contributed by atoms with Crippen molar-refractivity contribution >= 4 is 22.6 Å². The van der Waals surface area contributed by atoms with Crippen LogP contribution < -0.4 is 4.90 Å². The molecular formula is C74H55N. The molecule has 356 valence electrons. The molecule has 0 heterocycles. The Morgan fingerprint density at radius 2 is 0.853 bits per heavy atom. The molecule has 0 bridgehead atoms. The molecule has 0 radical (unpaired) electrons. The van der Waals surface area contributed by atoms with Crippen molar-refractivity contribution in [3.63, 3.8) is 0 Å². The maximum absolute atomic E-state index is 2.51. The minimum atomic E-state index is -0.566. The van der Waals surface area contributed by atoms with Gasteiger partial charge in [-0.25, -0.2) is 0 Å². The lowest BCUT2D eigenvalue weighted by Crippen LogP contribution is -2.44. The Morgan fingerprint density at radius 1 is 0.360 bits per heavy atom. The van der Waals surface area contributed by atoms with Gasteiger partial charge in [-0.05, 0) is 145 Å². The standard InChI is InChI=1S/C74H55N/c1-5-21-52(22-6-1)53-37-39-54(40-38-53)55-41-46-61(47-42-55)75(72-36-20-14-29-63(72)57-23-7-2-8-24-57)62-48-43-56(44-49-62)58-45-50-65-64-30-13-15-31-66(64)74(71(65)51-58)69-34-18-16-32-67(69)73(59-25-9-3-10-26-59,60-27-11-4-12-28-60)68-33-17-19-35-70(68)74/h1,3-7,9-21,23-52H,2,8,22H2. The first kappa shape index (κ1) is 44.6. The highest BCUT2D eigenvalue weighted by molar-refractivity contribution is 5.93. The molecule has 1 heteroatoms. The predicted molar refractivity (Wildman–Crippen MR) is 313 cm³/mol. The van der Waals surface area contributed by atoms with Gasteiger partial charge in [-0.15, -0.1) is 0 Å². The molecule has 1 atom stereocenters. The summed E-state index contributed by atoms with van der Waals surface area (Å²) in [6.07, 6.45) is 19.0. The van der Waals surface area contributed by atoms with Gasteiger partial charge in [0.15, 0.2) is 0 Å². The van der Waals surface area contributed by atoms with E-state index in [0.717, 1.165) is 36.3 Å². The third-order valence-corrected chi connectivity index (χ3v) is 16.6. The maximum Gasteiger partial charge on any atom is 0.0720 e. The van der Waals surface area contributed by atoms with Crippen molar-refractivity contribution < 1.29 is 0 Å². The molecule has 0 aromatic heterocycles. The van der Waals surface area contributed by atoms with Crippen LogP contribution in [0.25, 0.3) is 39.0 Å². The van der Waals surface area contributed by atoms with Crippen molar-refractivity contribution in [1.29, 1.82) is 0 Å². The summed E-state index contributed by atoms with van der Waals surface area (Å²) in [6.45, 7) is 0. The molecular weight excluding hydrogens is 903 g/mol. The molecule has 75 heavy (non-hydrogen) atoms. The second-order valence-corrected chi connectivity index (χ2v) is 20.5. The number of benzene rings is 10. The predicted octanol–water partition coefficient (Wildman–Crippen LogP) is 18.9. The molecule has 0 saturated heterocycles. The van der Waals surface area contributed by atoms with Crippen molar-refractivity contribution in [3.05, 3.63) is 347 Å². The first-order valence-electron chi connectivity index (χ1n) is 26.7. The lowest BCUT2D eigenvalue weighted by atomic mass is 9.51. The largest absolute Gasteiger partial charge is 0.310 e. The Bertz CT molecular complexity index is 3800. The van der Waals surface area contributed by atoms with Crippen molar-refractivity contribution in [2.45, 2.75) is 36.0 Å². The van der Waals surface area contributed by atoms with Gasteiger partial charge in [0, 0.05) is 22.9 Å². The van der Waals surface area contributed by atoms with Crippen LogP contribution in [-0.4, -0.2) is 0 Å². The van der Waals surface area contributed by atoms with Crippen LogP contribution in [0, 0.1) is 0 Å². The van der Waals surface area contributed by atoms with E-state index in [4.69, 9.17) is 0 Å². The SMILES string of the molecule is C1=CCC(c2ccc(-c3ccc(N(c4ccc(-c5ccc6c(c5)C5(c7ccccc7-6)c6ccccc6C(c6ccccc6)(c6ccccc6)c6ccccc65)cc4)c4ccccc4C4=CCCC=C4)cc3)cc2)C=C1. The highest BCUT2D eigenvalue weighted by Gasteiger charge is 2.56. The lowest BCUT2D eigenvalue weighted by Gasteiger charge is -2.50. The van der Waals surface area contributed by atoms with Crippen LogP contribution in [0.3, 0.4) is 0 Å². The highest BCUT2D eigenvalue weighted by Crippen LogP contribution is 2.65. The minimum Gasteiger partial charge on any atom is -0.310 e. The molecule has 0 N–H and O–H groups in total. The molecule has 1 spiro atoms. The molecule has 0 amide bonds. The van der Waals surface area contributed by atoms with E-state index in [1.165, 1.54) is 94.6 Å². The number of fused-ring (bicyclic) bond motifs is 9. The van der Waals surface area contributed by atoms with Gasteiger partial charge >= 0.3 is 0 Å². The first-order chi connectivity index (χ1) is 37.2. The van der Waals surface area contributed by atoms with Gasteiger partial charge in [-0.1, -0.05) is 255 Å². The summed E-state index contributed by atoms with van der Waals surface area (Å²) < 4.78 is 0. The summed E-state index contributed by atoms with van der Waals surface area (Å²) in [5, 5.41) is 0. The van der Waals surface area contributed by atoms with Crippen molar-refractivity contribution in [3.8, 4) is 33.4 Å². The first-order valence-corrected chi connectivity index (χ1v) is 26.7. The number of nitrogens with zero attached hydrogens (tertiary/aromatic N) is 1. The maximum atomic E-state index is 2.51. The summed E-state index contributed by atoms with van der Waals surface area (Å²) >= 11 is 0. The van der Waals surface area contributed by atoms with Gasteiger partial charge in [0.05, 0.1) is 16.5 Å². The summed E-state index contributed by atoms with van der Waals surface area (Å²) in [5.41, 5.74) is 24.0. The number of anilines is 3. The van der Waals surface area contributed by atoms with Crippen LogP contribution in [-0.2, 0) is 10.8 Å². The fraction of sp³-hybridized carbons (Fsp3) is 0.0811. The van der Waals surface area contributed by atoms with Gasteiger partial charge in [-0.3, -0.25) is 0 Å². The lowest BCUT2D eigenvalue weighted by molar-refractivity contribution is 0.624. The Hall–Kier alpha value is -9.04. The number of hydrogen-bond acceptors (Lipinski definition) is 1. The zero-order valence-electron chi connectivity index (χ0n) is 41.9. The molecule has 0 saturated carbocycles. The normalized spacial score (nSPS) is 16.1. The smallest absolute Gasteiger partial charge is 0.0720 e. The molecule has 1 nitrogen and oxygen atoms in total. The third kappa shape index (κ3) is 7.14. The van der Waals surface area contributed by atoms with E-state index in [1.807, 2.05) is 0 Å². The van der Waals surface area contributed by atoms with E-state index in [2.05, 4.69) is 296 Å². The van der Waals surface area contributed by atoms with E-state index in [-0.39, 0.29) is 0 Å². The molecule has 4 aliphatic rings. The number of allylic oxidation sites excluding steroid dienone is 8. The topological polar surface area (TPSA) is 3.24 Å². The zero-order chi connectivity index (χ0) is 49.8. The molecule has 10 aromatic rings. The van der Waals surface area contributed by atoms with Gasteiger partial charge < -0.3 is 4.90 Å². The second kappa shape index (κ2) is 18.5. The Morgan fingerprint density at radius 3 is 1.43 bits per heavy atom. The van der Waals surface area contributed by atoms with Crippen LogP contribution in [0.5, 0.6) is 0 Å². The van der Waals surface area contributed by atoms with E-state index < -0.39 is 10.8 Å². The highest BCUT2D eigenvalue weighted by atomic mass is 15.1. The minimum absolute atomic E-state index is 0.435. The van der Waals surface area contributed by atoms with Crippen LogP contribution in [0.1, 0.15) is 80.8 Å². The fourth-order valence-electron chi connectivity index (χ4n) is 13.3. The summed E-state index contributed by atoms with van der Waals surface area (Å²) in [7, 11) is 0. The van der Waals surface area contributed by atoms with Crippen LogP contribution in [0.2, 0.25) is 0 Å². The monoisotopic (exact) mass is 957 g/mol. The van der Waals surface area contributed by atoms with Gasteiger partial charge in [0.2, 0.25) is 0 Å². The molecule has 1 unspecified atom stereocenters. The molecule has 4 aliphatic carbocycles. The molecule has 0 aliphatic heterocycles. The van der Waals surface area contributed by atoms with Crippen molar-refractivity contribution in [1.82, 2.24) is 0 Å². The van der Waals surface area contributed by atoms with Crippen molar-refractivity contribution in [2.24, 2.45) is 0 Å². The van der Waals surface area contributed by atoms with Gasteiger partial charge in [-0.2, -0.15) is 0 Å². The quantitative estimate of drug-likeness (QED) is 0.139. The summed E-state index contributed by atoms with van der Waals surface area (Å²) in [6, 6.07) is 93.8. The Balaban J connectivity index is 0.897. The molecule has 10 aromatic carbocycles. The summed E-state index contributed by atoms with van der Waals surface area (Å²) in [4.78, 5) is 2.44. The summed E-state index contributed by atoms with van der Waals surface area (Å²) in [5.74, 6) is 0.435. The van der Waals surface area contributed by atoms with Crippen LogP contribution >= 0.6 is 0 Å². The van der Waals surface area contributed by atoms with Crippen LogP contribution in [0.4, 0.5) is 17.1 Å². The van der Waals surface area contributed by atoms with Gasteiger partial charge in [0.1, 0.15) is 0 Å². The van der Waals surface area contributed by atoms with E-state index in [0.29, 0.717) is 5.92 Å².